The van der Waals surface area contributed by atoms with Crippen molar-refractivity contribution in [2.45, 2.75) is 38.1 Å². The van der Waals surface area contributed by atoms with Crippen LogP contribution in [0.2, 0.25) is 0 Å². The summed E-state index contributed by atoms with van der Waals surface area (Å²) in [5.41, 5.74) is 0.856. The predicted molar refractivity (Wildman–Crippen MR) is 87.3 cm³/mol. The quantitative estimate of drug-likeness (QED) is 0.883. The Labute approximate surface area is 131 Å². The van der Waals surface area contributed by atoms with Gasteiger partial charge in [-0.3, -0.25) is 0 Å². The maximum Gasteiger partial charge on any atom is 0.317 e. The summed E-state index contributed by atoms with van der Waals surface area (Å²) in [6.45, 7) is 2.92. The van der Waals surface area contributed by atoms with E-state index in [1.807, 2.05) is 23.1 Å². The van der Waals surface area contributed by atoms with Crippen molar-refractivity contribution in [2.24, 2.45) is 0 Å². The number of piperazine rings is 1. The minimum Gasteiger partial charge on any atom is -0.506 e. The number of hydrogen-bond acceptors (Lipinski definition) is 3. The average Bonchev–Trinajstić information content (AvgIpc) is 2.56. The van der Waals surface area contributed by atoms with Crippen LogP contribution in [0, 0.1) is 0 Å². The lowest BCUT2D eigenvalue weighted by Crippen LogP contribution is -2.53. The molecule has 2 N–H and O–H groups in total. The third-order valence-corrected chi connectivity index (χ3v) is 4.72. The van der Waals surface area contributed by atoms with Crippen molar-refractivity contribution < 1.29 is 9.90 Å². The van der Waals surface area contributed by atoms with Crippen LogP contribution in [0.5, 0.6) is 5.75 Å². The van der Waals surface area contributed by atoms with Gasteiger partial charge in [-0.1, -0.05) is 31.4 Å². The number of carbonyl (C=O) groups is 1. The molecule has 0 bridgehead atoms. The van der Waals surface area contributed by atoms with E-state index in [2.05, 4.69) is 10.2 Å². The standard InChI is InChI=1S/C17H25N3O2/c21-16-9-5-4-8-15(16)19-10-12-20(13-11-19)17(22)18-14-6-2-1-3-7-14/h4-5,8-9,14,21H,1-3,6-7,10-13H2,(H,18,22). The first kappa shape index (κ1) is 15.0. The zero-order valence-electron chi connectivity index (χ0n) is 13.0. The molecule has 3 rings (SSSR count). The maximum atomic E-state index is 12.3. The van der Waals surface area contributed by atoms with Gasteiger partial charge in [0.15, 0.2) is 0 Å². The predicted octanol–water partition coefficient (Wildman–Crippen LogP) is 2.56. The van der Waals surface area contributed by atoms with E-state index in [4.69, 9.17) is 0 Å². The van der Waals surface area contributed by atoms with Crippen molar-refractivity contribution in [1.29, 1.82) is 0 Å². The Morgan fingerprint density at radius 3 is 2.41 bits per heavy atom. The molecular weight excluding hydrogens is 278 g/mol. The highest BCUT2D eigenvalue weighted by molar-refractivity contribution is 5.75. The molecule has 2 aliphatic rings. The van der Waals surface area contributed by atoms with Crippen LogP contribution in [0.15, 0.2) is 24.3 Å². The molecule has 1 saturated heterocycles. The Balaban J connectivity index is 1.51. The number of phenolic OH excluding ortho intramolecular Hbond substituents is 1. The summed E-state index contributed by atoms with van der Waals surface area (Å²) in [6.07, 6.45) is 5.98. The minimum absolute atomic E-state index is 0.0730. The van der Waals surface area contributed by atoms with Crippen LogP contribution < -0.4 is 10.2 Å². The number of nitrogens with one attached hydrogen (secondary N) is 1. The molecule has 120 valence electrons. The molecule has 5 nitrogen and oxygen atoms in total. The molecule has 0 atom stereocenters. The molecule has 1 aliphatic carbocycles. The van der Waals surface area contributed by atoms with Crippen LogP contribution in [-0.4, -0.2) is 48.3 Å². The second-order valence-electron chi connectivity index (χ2n) is 6.25. The Kier molecular flexibility index (Phi) is 4.71. The normalized spacial score (nSPS) is 20.0. The van der Waals surface area contributed by atoms with E-state index in [0.29, 0.717) is 24.9 Å². The zero-order chi connectivity index (χ0) is 15.4. The second kappa shape index (κ2) is 6.90. The second-order valence-corrected chi connectivity index (χ2v) is 6.25. The van der Waals surface area contributed by atoms with Crippen molar-refractivity contribution in [3.63, 3.8) is 0 Å². The minimum atomic E-state index is 0.0730. The van der Waals surface area contributed by atoms with E-state index in [0.717, 1.165) is 31.6 Å². The van der Waals surface area contributed by atoms with Crippen molar-refractivity contribution in [3.8, 4) is 5.75 Å². The first-order chi connectivity index (χ1) is 10.7. The van der Waals surface area contributed by atoms with E-state index < -0.39 is 0 Å². The number of nitrogens with zero attached hydrogens (tertiary/aromatic N) is 2. The van der Waals surface area contributed by atoms with Gasteiger partial charge >= 0.3 is 6.03 Å². The SMILES string of the molecule is O=C(NC1CCCCC1)N1CCN(c2ccccc2O)CC1. The first-order valence-corrected chi connectivity index (χ1v) is 8.32. The molecule has 2 fully saturated rings. The third kappa shape index (κ3) is 3.46. The number of aromatic hydroxyl groups is 1. The fourth-order valence-electron chi connectivity index (χ4n) is 3.39. The van der Waals surface area contributed by atoms with Gasteiger partial charge in [0, 0.05) is 32.2 Å². The number of carbonyl (C=O) groups excluding carboxylic acids is 1. The van der Waals surface area contributed by atoms with E-state index in [1.165, 1.54) is 19.3 Å². The molecule has 0 spiro atoms. The van der Waals surface area contributed by atoms with Gasteiger partial charge in [-0.2, -0.15) is 0 Å². The molecule has 1 aromatic carbocycles. The van der Waals surface area contributed by atoms with Gasteiger partial charge in [0.05, 0.1) is 5.69 Å². The van der Waals surface area contributed by atoms with Gasteiger partial charge in [-0.05, 0) is 25.0 Å². The topological polar surface area (TPSA) is 55.8 Å². The summed E-state index contributed by atoms with van der Waals surface area (Å²) >= 11 is 0. The van der Waals surface area contributed by atoms with Crippen molar-refractivity contribution in [2.75, 3.05) is 31.1 Å². The summed E-state index contributed by atoms with van der Waals surface area (Å²) in [7, 11) is 0. The number of anilines is 1. The Bertz CT molecular complexity index is 506. The summed E-state index contributed by atoms with van der Waals surface area (Å²) < 4.78 is 0. The molecule has 1 aliphatic heterocycles. The summed E-state index contributed by atoms with van der Waals surface area (Å²) in [6, 6.07) is 7.82. The van der Waals surface area contributed by atoms with Crippen molar-refractivity contribution in [1.82, 2.24) is 10.2 Å². The molecule has 2 amide bonds. The number of rotatable bonds is 2. The number of para-hydroxylation sites is 2. The van der Waals surface area contributed by atoms with Gasteiger partial charge in [-0.25, -0.2) is 4.79 Å². The van der Waals surface area contributed by atoms with Crippen LogP contribution in [0.1, 0.15) is 32.1 Å². The highest BCUT2D eigenvalue weighted by atomic mass is 16.3. The average molecular weight is 303 g/mol. The van der Waals surface area contributed by atoms with Gasteiger partial charge < -0.3 is 20.2 Å². The largest absolute Gasteiger partial charge is 0.506 e. The highest BCUT2D eigenvalue weighted by Gasteiger charge is 2.24. The summed E-state index contributed by atoms with van der Waals surface area (Å²) in [4.78, 5) is 16.4. The fourth-order valence-corrected chi connectivity index (χ4v) is 3.39. The van der Waals surface area contributed by atoms with E-state index in [1.54, 1.807) is 6.07 Å². The van der Waals surface area contributed by atoms with Crippen molar-refractivity contribution >= 4 is 11.7 Å². The zero-order valence-corrected chi connectivity index (χ0v) is 13.0. The molecular formula is C17H25N3O2. The Morgan fingerprint density at radius 1 is 1.05 bits per heavy atom. The summed E-state index contributed by atoms with van der Waals surface area (Å²) in [5, 5.41) is 13.1. The van der Waals surface area contributed by atoms with Crippen LogP contribution in [0.25, 0.3) is 0 Å². The molecule has 1 aromatic rings. The van der Waals surface area contributed by atoms with Crippen LogP contribution >= 0.6 is 0 Å². The van der Waals surface area contributed by atoms with Gasteiger partial charge in [0.2, 0.25) is 0 Å². The monoisotopic (exact) mass is 303 g/mol. The number of phenols is 1. The van der Waals surface area contributed by atoms with Crippen LogP contribution in [-0.2, 0) is 0 Å². The molecule has 0 aromatic heterocycles. The maximum absolute atomic E-state index is 12.3. The number of urea groups is 1. The molecule has 1 heterocycles. The Hall–Kier alpha value is -1.91. The van der Waals surface area contributed by atoms with E-state index >= 15 is 0 Å². The molecule has 1 saturated carbocycles. The van der Waals surface area contributed by atoms with Gasteiger partial charge in [0.1, 0.15) is 5.75 Å². The number of benzene rings is 1. The van der Waals surface area contributed by atoms with E-state index in [9.17, 15) is 9.90 Å². The lowest BCUT2D eigenvalue weighted by atomic mass is 9.96. The number of hydrogen-bond donors (Lipinski definition) is 2. The lowest BCUT2D eigenvalue weighted by molar-refractivity contribution is 0.186. The smallest absolute Gasteiger partial charge is 0.317 e. The Morgan fingerprint density at radius 2 is 1.73 bits per heavy atom. The third-order valence-electron chi connectivity index (χ3n) is 4.72. The first-order valence-electron chi connectivity index (χ1n) is 8.32. The highest BCUT2D eigenvalue weighted by Crippen LogP contribution is 2.27. The van der Waals surface area contributed by atoms with Gasteiger partial charge in [-0.15, -0.1) is 0 Å². The molecule has 22 heavy (non-hydrogen) atoms. The van der Waals surface area contributed by atoms with E-state index in [-0.39, 0.29) is 6.03 Å². The molecule has 5 heteroatoms. The number of amides is 2. The summed E-state index contributed by atoms with van der Waals surface area (Å²) in [5.74, 6) is 0.308. The van der Waals surface area contributed by atoms with Gasteiger partial charge in [0.25, 0.3) is 0 Å². The van der Waals surface area contributed by atoms with Crippen LogP contribution in [0.3, 0.4) is 0 Å². The lowest BCUT2D eigenvalue weighted by Gasteiger charge is -2.37. The molecule has 0 radical (unpaired) electrons. The fraction of sp³-hybridized carbons (Fsp3) is 0.588. The van der Waals surface area contributed by atoms with Crippen LogP contribution in [0.4, 0.5) is 10.5 Å². The molecule has 0 unspecified atom stereocenters. The van der Waals surface area contributed by atoms with Crippen molar-refractivity contribution in [3.05, 3.63) is 24.3 Å².